The highest BCUT2D eigenvalue weighted by molar-refractivity contribution is 7.10. The largest absolute Gasteiger partial charge is 0.481 e. The lowest BCUT2D eigenvalue weighted by Gasteiger charge is -2.10. The number of thiophene rings is 1. The summed E-state index contributed by atoms with van der Waals surface area (Å²) < 4.78 is 0. The van der Waals surface area contributed by atoms with Crippen molar-refractivity contribution in [2.45, 2.75) is 26.8 Å². The van der Waals surface area contributed by atoms with E-state index < -0.39 is 5.97 Å². The standard InChI is InChI=1S/C11H17NO2S/c1-3-9(11(13)14)6-12-7-10-8(2)4-5-15-10/h4-5,9,12H,3,6-7H2,1-2H3,(H,13,14). The number of aliphatic carboxylic acids is 1. The lowest BCUT2D eigenvalue weighted by molar-refractivity contribution is -0.141. The lowest BCUT2D eigenvalue weighted by atomic mass is 10.1. The second-order valence-corrected chi connectivity index (χ2v) is 4.60. The number of aryl methyl sites for hydroxylation is 1. The maximum absolute atomic E-state index is 10.8. The van der Waals surface area contributed by atoms with Crippen molar-refractivity contribution in [3.05, 3.63) is 21.9 Å². The normalized spacial score (nSPS) is 12.7. The summed E-state index contributed by atoms with van der Waals surface area (Å²) in [5.74, 6) is -0.988. The van der Waals surface area contributed by atoms with Crippen molar-refractivity contribution in [3.63, 3.8) is 0 Å². The average molecular weight is 227 g/mol. The number of carboxylic acid groups (broad SMARTS) is 1. The minimum atomic E-state index is -0.715. The number of carboxylic acids is 1. The molecule has 0 radical (unpaired) electrons. The summed E-state index contributed by atoms with van der Waals surface area (Å²) in [6.45, 7) is 5.29. The summed E-state index contributed by atoms with van der Waals surface area (Å²) in [6.07, 6.45) is 0.672. The molecule has 1 heterocycles. The average Bonchev–Trinajstić information content (AvgIpc) is 2.58. The molecule has 84 valence electrons. The van der Waals surface area contributed by atoms with Gasteiger partial charge in [-0.1, -0.05) is 6.92 Å². The van der Waals surface area contributed by atoms with E-state index in [0.717, 1.165) is 6.54 Å². The molecule has 1 aromatic heterocycles. The number of carbonyl (C=O) groups is 1. The molecule has 2 N–H and O–H groups in total. The number of rotatable bonds is 6. The minimum Gasteiger partial charge on any atom is -0.481 e. The fraction of sp³-hybridized carbons (Fsp3) is 0.545. The predicted molar refractivity (Wildman–Crippen MR) is 62.2 cm³/mol. The van der Waals surface area contributed by atoms with E-state index in [-0.39, 0.29) is 5.92 Å². The van der Waals surface area contributed by atoms with Crippen molar-refractivity contribution in [2.75, 3.05) is 6.54 Å². The van der Waals surface area contributed by atoms with Gasteiger partial charge in [0.1, 0.15) is 0 Å². The Morgan fingerprint density at radius 1 is 1.67 bits per heavy atom. The third kappa shape index (κ3) is 3.64. The molecule has 0 aromatic carbocycles. The van der Waals surface area contributed by atoms with Gasteiger partial charge in [0.05, 0.1) is 5.92 Å². The van der Waals surface area contributed by atoms with Crippen LogP contribution in [0.15, 0.2) is 11.4 Å². The highest BCUT2D eigenvalue weighted by Crippen LogP contribution is 2.15. The zero-order valence-electron chi connectivity index (χ0n) is 9.12. The first-order valence-corrected chi connectivity index (χ1v) is 5.99. The van der Waals surface area contributed by atoms with E-state index in [1.807, 2.05) is 6.92 Å². The van der Waals surface area contributed by atoms with Gasteiger partial charge in [0, 0.05) is 18.0 Å². The van der Waals surface area contributed by atoms with Gasteiger partial charge in [-0.25, -0.2) is 0 Å². The first kappa shape index (κ1) is 12.2. The van der Waals surface area contributed by atoms with Crippen LogP contribution in [0.1, 0.15) is 23.8 Å². The van der Waals surface area contributed by atoms with Crippen molar-refractivity contribution in [2.24, 2.45) is 5.92 Å². The van der Waals surface area contributed by atoms with Crippen LogP contribution < -0.4 is 5.32 Å². The number of hydrogen-bond donors (Lipinski definition) is 2. The minimum absolute atomic E-state index is 0.273. The molecule has 1 rings (SSSR count). The van der Waals surface area contributed by atoms with E-state index in [1.165, 1.54) is 10.4 Å². The molecule has 1 unspecified atom stereocenters. The number of hydrogen-bond acceptors (Lipinski definition) is 3. The summed E-state index contributed by atoms with van der Waals surface area (Å²) in [6, 6.07) is 2.08. The molecule has 0 saturated carbocycles. The summed E-state index contributed by atoms with van der Waals surface area (Å²) in [4.78, 5) is 12.0. The van der Waals surface area contributed by atoms with Gasteiger partial charge >= 0.3 is 5.97 Å². The fourth-order valence-electron chi connectivity index (χ4n) is 1.35. The Kier molecular flexibility index (Phi) is 4.78. The Hall–Kier alpha value is -0.870. The van der Waals surface area contributed by atoms with Crippen LogP contribution in [-0.4, -0.2) is 17.6 Å². The van der Waals surface area contributed by atoms with Gasteiger partial charge in [0.2, 0.25) is 0 Å². The van der Waals surface area contributed by atoms with E-state index in [0.29, 0.717) is 13.0 Å². The van der Waals surface area contributed by atoms with E-state index in [2.05, 4.69) is 23.7 Å². The van der Waals surface area contributed by atoms with Crippen LogP contribution in [-0.2, 0) is 11.3 Å². The third-order valence-corrected chi connectivity index (χ3v) is 3.51. The van der Waals surface area contributed by atoms with Gasteiger partial charge < -0.3 is 10.4 Å². The molecular formula is C11H17NO2S. The van der Waals surface area contributed by atoms with Crippen LogP contribution in [0.2, 0.25) is 0 Å². The Balaban J connectivity index is 2.33. The smallest absolute Gasteiger partial charge is 0.307 e. The zero-order valence-corrected chi connectivity index (χ0v) is 9.93. The highest BCUT2D eigenvalue weighted by Gasteiger charge is 2.14. The van der Waals surface area contributed by atoms with E-state index in [9.17, 15) is 4.79 Å². The van der Waals surface area contributed by atoms with Gasteiger partial charge in [-0.2, -0.15) is 0 Å². The summed E-state index contributed by atoms with van der Waals surface area (Å²) in [7, 11) is 0. The van der Waals surface area contributed by atoms with Gasteiger partial charge in [-0.05, 0) is 30.4 Å². The van der Waals surface area contributed by atoms with E-state index >= 15 is 0 Å². The molecule has 4 heteroatoms. The van der Waals surface area contributed by atoms with Gasteiger partial charge in [0.15, 0.2) is 0 Å². The van der Waals surface area contributed by atoms with Crippen molar-refractivity contribution >= 4 is 17.3 Å². The van der Waals surface area contributed by atoms with Gasteiger partial charge in [-0.15, -0.1) is 11.3 Å². The van der Waals surface area contributed by atoms with Crippen LogP contribution in [0.5, 0.6) is 0 Å². The molecule has 0 amide bonds. The molecule has 15 heavy (non-hydrogen) atoms. The van der Waals surface area contributed by atoms with Crippen LogP contribution in [0, 0.1) is 12.8 Å². The van der Waals surface area contributed by atoms with Crippen molar-refractivity contribution < 1.29 is 9.90 Å². The van der Waals surface area contributed by atoms with Crippen LogP contribution in [0.3, 0.4) is 0 Å². The summed E-state index contributed by atoms with van der Waals surface area (Å²) in [5, 5.41) is 14.1. The SMILES string of the molecule is CCC(CNCc1sccc1C)C(=O)O. The van der Waals surface area contributed by atoms with Crippen LogP contribution in [0.4, 0.5) is 0 Å². The first-order valence-electron chi connectivity index (χ1n) is 5.11. The second-order valence-electron chi connectivity index (χ2n) is 3.60. The van der Waals surface area contributed by atoms with Crippen LogP contribution >= 0.6 is 11.3 Å². The molecule has 0 aliphatic rings. The molecule has 3 nitrogen and oxygen atoms in total. The maximum Gasteiger partial charge on any atom is 0.307 e. The molecule has 0 saturated heterocycles. The highest BCUT2D eigenvalue weighted by atomic mass is 32.1. The van der Waals surface area contributed by atoms with Gasteiger partial charge in [-0.3, -0.25) is 4.79 Å². The van der Waals surface area contributed by atoms with Crippen molar-refractivity contribution in [1.82, 2.24) is 5.32 Å². The quantitative estimate of drug-likeness (QED) is 0.783. The Morgan fingerprint density at radius 2 is 2.40 bits per heavy atom. The van der Waals surface area contributed by atoms with Crippen molar-refractivity contribution in [3.8, 4) is 0 Å². The molecule has 1 atom stereocenters. The maximum atomic E-state index is 10.8. The molecule has 0 aliphatic heterocycles. The van der Waals surface area contributed by atoms with E-state index in [4.69, 9.17) is 5.11 Å². The lowest BCUT2D eigenvalue weighted by Crippen LogP contribution is -2.27. The molecular weight excluding hydrogens is 210 g/mol. The topological polar surface area (TPSA) is 49.3 Å². The fourth-order valence-corrected chi connectivity index (χ4v) is 2.23. The predicted octanol–water partition coefficient (Wildman–Crippen LogP) is 2.26. The van der Waals surface area contributed by atoms with Crippen LogP contribution in [0.25, 0.3) is 0 Å². The van der Waals surface area contributed by atoms with E-state index in [1.54, 1.807) is 11.3 Å². The Labute approximate surface area is 94.1 Å². The van der Waals surface area contributed by atoms with Gasteiger partial charge in [0.25, 0.3) is 0 Å². The Bertz CT molecular complexity index is 322. The molecule has 1 aromatic rings. The zero-order chi connectivity index (χ0) is 11.3. The first-order chi connectivity index (χ1) is 7.15. The molecule has 0 bridgehead atoms. The van der Waals surface area contributed by atoms with Crippen molar-refractivity contribution in [1.29, 1.82) is 0 Å². The summed E-state index contributed by atoms with van der Waals surface area (Å²) in [5.41, 5.74) is 1.27. The molecule has 0 aliphatic carbocycles. The Morgan fingerprint density at radius 3 is 2.87 bits per heavy atom. The third-order valence-electron chi connectivity index (χ3n) is 2.49. The molecule has 0 spiro atoms. The second kappa shape index (κ2) is 5.88. The molecule has 0 fully saturated rings. The monoisotopic (exact) mass is 227 g/mol. The number of nitrogens with one attached hydrogen (secondary N) is 1. The summed E-state index contributed by atoms with van der Waals surface area (Å²) >= 11 is 1.71.